The average molecular weight is 199 g/mol. The number of unbranched alkanes of at least 4 members (excludes halogenated alkanes) is 1. The first-order valence-electron chi connectivity index (χ1n) is 5.36. The second-order valence-electron chi connectivity index (χ2n) is 3.71. The summed E-state index contributed by atoms with van der Waals surface area (Å²) < 4.78 is 0. The molecule has 0 saturated heterocycles. The van der Waals surface area contributed by atoms with Crippen LogP contribution in [0.1, 0.15) is 46.0 Å². The second-order valence-corrected chi connectivity index (χ2v) is 3.71. The highest BCUT2D eigenvalue weighted by molar-refractivity contribution is 5.82. The molecule has 0 amide bonds. The molecule has 1 atom stereocenters. The van der Waals surface area contributed by atoms with E-state index in [4.69, 9.17) is 5.73 Å². The molecular weight excluding hydrogens is 178 g/mol. The van der Waals surface area contributed by atoms with E-state index in [0.29, 0.717) is 18.6 Å². The van der Waals surface area contributed by atoms with E-state index in [9.17, 15) is 9.59 Å². The number of nitrogens with two attached hydrogens (primary N) is 1. The van der Waals surface area contributed by atoms with Crippen molar-refractivity contribution >= 4 is 11.6 Å². The Morgan fingerprint density at radius 2 is 1.93 bits per heavy atom. The predicted octanol–water partition coefficient (Wildman–Crippen LogP) is 1.69. The van der Waals surface area contributed by atoms with Gasteiger partial charge in [0, 0.05) is 18.8 Å². The molecule has 0 aliphatic rings. The van der Waals surface area contributed by atoms with Crippen LogP contribution in [0.3, 0.4) is 0 Å². The standard InChI is InChI=1S/C11H21NO2/c1-3-10(13)7-5-4-6-9(2)11(14)8-12/h9H,3-8,12H2,1-2H3/t9-/m0/s1. The Morgan fingerprint density at radius 3 is 2.43 bits per heavy atom. The lowest BCUT2D eigenvalue weighted by atomic mass is 9.98. The lowest BCUT2D eigenvalue weighted by Gasteiger charge is -2.07. The Hall–Kier alpha value is -0.700. The van der Waals surface area contributed by atoms with Crippen LogP contribution in [-0.4, -0.2) is 18.1 Å². The van der Waals surface area contributed by atoms with Crippen LogP contribution in [0.25, 0.3) is 0 Å². The van der Waals surface area contributed by atoms with Crippen molar-refractivity contribution in [3.63, 3.8) is 0 Å². The molecule has 0 aromatic rings. The minimum Gasteiger partial charge on any atom is -0.324 e. The summed E-state index contributed by atoms with van der Waals surface area (Å²) in [6.07, 6.45) is 3.97. The summed E-state index contributed by atoms with van der Waals surface area (Å²) in [6, 6.07) is 0. The Bertz CT molecular complexity index is 190. The number of hydrogen-bond donors (Lipinski definition) is 1. The number of carbonyl (C=O) groups is 2. The van der Waals surface area contributed by atoms with E-state index in [1.165, 1.54) is 0 Å². The second kappa shape index (κ2) is 7.68. The smallest absolute Gasteiger partial charge is 0.149 e. The number of rotatable bonds is 8. The SMILES string of the molecule is CCC(=O)CCCC[C@H](C)C(=O)CN. The van der Waals surface area contributed by atoms with E-state index in [1.807, 2.05) is 13.8 Å². The van der Waals surface area contributed by atoms with Crippen LogP contribution in [-0.2, 0) is 9.59 Å². The highest BCUT2D eigenvalue weighted by Gasteiger charge is 2.10. The van der Waals surface area contributed by atoms with E-state index in [1.54, 1.807) is 0 Å². The fourth-order valence-electron chi connectivity index (χ4n) is 1.31. The topological polar surface area (TPSA) is 60.2 Å². The monoisotopic (exact) mass is 199 g/mol. The zero-order valence-corrected chi connectivity index (χ0v) is 9.21. The van der Waals surface area contributed by atoms with Gasteiger partial charge in [-0.3, -0.25) is 9.59 Å². The lowest BCUT2D eigenvalue weighted by molar-refractivity contribution is -0.121. The molecule has 2 N–H and O–H groups in total. The van der Waals surface area contributed by atoms with E-state index in [-0.39, 0.29) is 18.2 Å². The van der Waals surface area contributed by atoms with Crippen LogP contribution < -0.4 is 5.73 Å². The van der Waals surface area contributed by atoms with Gasteiger partial charge in [-0.25, -0.2) is 0 Å². The molecule has 0 unspecified atom stereocenters. The summed E-state index contributed by atoms with van der Waals surface area (Å²) in [7, 11) is 0. The van der Waals surface area contributed by atoms with Crippen LogP contribution in [0.4, 0.5) is 0 Å². The maximum absolute atomic E-state index is 11.1. The molecule has 0 spiro atoms. The molecule has 0 aliphatic carbocycles. The molecular formula is C11H21NO2. The van der Waals surface area contributed by atoms with Crippen LogP contribution in [0.5, 0.6) is 0 Å². The lowest BCUT2D eigenvalue weighted by Crippen LogP contribution is -2.20. The van der Waals surface area contributed by atoms with Crippen LogP contribution in [0.15, 0.2) is 0 Å². The van der Waals surface area contributed by atoms with Gasteiger partial charge in [-0.05, 0) is 12.8 Å². The van der Waals surface area contributed by atoms with Crippen LogP contribution in [0, 0.1) is 5.92 Å². The summed E-state index contributed by atoms with van der Waals surface area (Å²) in [5.74, 6) is 0.478. The van der Waals surface area contributed by atoms with Crippen molar-refractivity contribution in [1.82, 2.24) is 0 Å². The largest absolute Gasteiger partial charge is 0.324 e. The number of Topliss-reactive ketones (excluding diaryl/α,β-unsaturated/α-hetero) is 2. The van der Waals surface area contributed by atoms with Gasteiger partial charge in [0.1, 0.15) is 11.6 Å². The van der Waals surface area contributed by atoms with Gasteiger partial charge in [0.15, 0.2) is 0 Å². The zero-order valence-electron chi connectivity index (χ0n) is 9.21. The quantitative estimate of drug-likeness (QED) is 0.605. The third kappa shape index (κ3) is 5.86. The van der Waals surface area contributed by atoms with E-state index < -0.39 is 0 Å². The minimum atomic E-state index is 0.0525. The summed E-state index contributed by atoms with van der Waals surface area (Å²) in [4.78, 5) is 22.1. The third-order valence-electron chi connectivity index (χ3n) is 2.49. The molecule has 0 aromatic carbocycles. The normalized spacial score (nSPS) is 12.5. The Morgan fingerprint density at radius 1 is 1.29 bits per heavy atom. The minimum absolute atomic E-state index is 0.0525. The summed E-state index contributed by atoms with van der Waals surface area (Å²) in [5, 5.41) is 0. The summed E-state index contributed by atoms with van der Waals surface area (Å²) in [5.41, 5.74) is 5.24. The number of hydrogen-bond acceptors (Lipinski definition) is 3. The van der Waals surface area contributed by atoms with E-state index in [0.717, 1.165) is 19.3 Å². The molecule has 0 radical (unpaired) electrons. The van der Waals surface area contributed by atoms with Gasteiger partial charge in [0.2, 0.25) is 0 Å². The van der Waals surface area contributed by atoms with Crippen LogP contribution in [0.2, 0.25) is 0 Å². The molecule has 3 heteroatoms. The van der Waals surface area contributed by atoms with Crippen molar-refractivity contribution < 1.29 is 9.59 Å². The predicted molar refractivity (Wildman–Crippen MR) is 57.0 cm³/mol. The first-order valence-corrected chi connectivity index (χ1v) is 5.36. The first-order chi connectivity index (χ1) is 6.61. The van der Waals surface area contributed by atoms with Gasteiger partial charge >= 0.3 is 0 Å². The maximum Gasteiger partial charge on any atom is 0.149 e. The molecule has 0 saturated carbocycles. The number of ketones is 2. The molecule has 3 nitrogen and oxygen atoms in total. The molecule has 0 fully saturated rings. The van der Waals surface area contributed by atoms with Gasteiger partial charge < -0.3 is 5.73 Å². The molecule has 0 rings (SSSR count). The fraction of sp³-hybridized carbons (Fsp3) is 0.818. The highest BCUT2D eigenvalue weighted by atomic mass is 16.1. The first kappa shape index (κ1) is 13.3. The molecule has 0 aromatic heterocycles. The van der Waals surface area contributed by atoms with Crippen molar-refractivity contribution in [2.45, 2.75) is 46.0 Å². The van der Waals surface area contributed by atoms with Crippen molar-refractivity contribution in [3.8, 4) is 0 Å². The number of carbonyl (C=O) groups excluding carboxylic acids is 2. The molecule has 14 heavy (non-hydrogen) atoms. The van der Waals surface area contributed by atoms with Crippen molar-refractivity contribution in [1.29, 1.82) is 0 Å². The van der Waals surface area contributed by atoms with Crippen molar-refractivity contribution in [2.24, 2.45) is 11.7 Å². The summed E-state index contributed by atoms with van der Waals surface area (Å²) >= 11 is 0. The van der Waals surface area contributed by atoms with Gasteiger partial charge in [0.25, 0.3) is 0 Å². The van der Waals surface area contributed by atoms with Gasteiger partial charge in [-0.1, -0.05) is 20.3 Å². The van der Waals surface area contributed by atoms with Crippen LogP contribution >= 0.6 is 0 Å². The Balaban J connectivity index is 3.45. The molecule has 0 aliphatic heterocycles. The average Bonchev–Trinajstić information content (AvgIpc) is 2.22. The molecule has 0 heterocycles. The van der Waals surface area contributed by atoms with Crippen molar-refractivity contribution in [3.05, 3.63) is 0 Å². The Kier molecular flexibility index (Phi) is 7.30. The van der Waals surface area contributed by atoms with Crippen molar-refractivity contribution in [2.75, 3.05) is 6.54 Å². The summed E-state index contributed by atoms with van der Waals surface area (Å²) in [6.45, 7) is 3.91. The fourth-order valence-corrected chi connectivity index (χ4v) is 1.31. The van der Waals surface area contributed by atoms with E-state index >= 15 is 0 Å². The van der Waals surface area contributed by atoms with E-state index in [2.05, 4.69) is 0 Å². The molecule has 0 bridgehead atoms. The van der Waals surface area contributed by atoms with Gasteiger partial charge in [-0.2, -0.15) is 0 Å². The van der Waals surface area contributed by atoms with Gasteiger partial charge in [0.05, 0.1) is 6.54 Å². The third-order valence-corrected chi connectivity index (χ3v) is 2.49. The Labute approximate surface area is 86.1 Å². The highest BCUT2D eigenvalue weighted by Crippen LogP contribution is 2.10. The van der Waals surface area contributed by atoms with Gasteiger partial charge in [-0.15, -0.1) is 0 Å². The molecule has 82 valence electrons. The maximum atomic E-state index is 11.1. The zero-order chi connectivity index (χ0) is 11.0.